The molecule has 0 unspecified atom stereocenters. The highest BCUT2D eigenvalue weighted by Crippen LogP contribution is 2.36. The third kappa shape index (κ3) is 13.7. The van der Waals surface area contributed by atoms with E-state index in [4.69, 9.17) is 52.1 Å². The maximum absolute atomic E-state index is 12.7. The first-order valence-electron chi connectivity index (χ1n) is 23.9. The van der Waals surface area contributed by atoms with Crippen LogP contribution in [0.3, 0.4) is 0 Å². The van der Waals surface area contributed by atoms with Gasteiger partial charge in [0.15, 0.2) is 37.7 Å². The van der Waals surface area contributed by atoms with Gasteiger partial charge in [-0.05, 0) is 6.92 Å². The van der Waals surface area contributed by atoms with E-state index in [-0.39, 0.29) is 0 Å². The number of amides is 3. The van der Waals surface area contributed by atoms with E-state index in [9.17, 15) is 96.1 Å². The lowest BCUT2D eigenvalue weighted by Gasteiger charge is -2.50. The van der Waals surface area contributed by atoms with Crippen molar-refractivity contribution in [1.82, 2.24) is 16.0 Å². The highest BCUT2D eigenvalue weighted by atomic mass is 16.8. The summed E-state index contributed by atoms with van der Waals surface area (Å²) in [5, 5.41) is 180. The molecule has 30 atom stereocenters. The van der Waals surface area contributed by atoms with Gasteiger partial charge in [0.2, 0.25) is 17.7 Å². The van der Waals surface area contributed by atoms with Gasteiger partial charge in [-0.1, -0.05) is 0 Å². The largest absolute Gasteiger partial charge is 0.394 e. The highest BCUT2D eigenvalue weighted by Gasteiger charge is 2.58. The Morgan fingerprint density at radius 2 is 0.800 bits per heavy atom. The maximum Gasteiger partial charge on any atom is 0.217 e. The van der Waals surface area contributed by atoms with E-state index in [1.807, 2.05) is 0 Å². The summed E-state index contributed by atoms with van der Waals surface area (Å²) in [7, 11) is 0. The van der Waals surface area contributed by atoms with Crippen molar-refractivity contribution in [1.29, 1.82) is 0 Å². The molecule has 0 saturated carbocycles. The predicted octanol–water partition coefficient (Wildman–Crippen LogP) is -12.6. The minimum absolute atomic E-state index is 0.724. The van der Waals surface area contributed by atoms with Gasteiger partial charge in [0, 0.05) is 20.8 Å². The Balaban J connectivity index is 1.25. The molecule has 0 spiro atoms. The van der Waals surface area contributed by atoms with E-state index in [2.05, 4.69) is 16.0 Å². The summed E-state index contributed by atoms with van der Waals surface area (Å²) in [5.41, 5.74) is 0. The molecule has 6 fully saturated rings. The molecule has 6 aliphatic rings. The molecule has 0 aromatic heterocycles. The van der Waals surface area contributed by atoms with E-state index in [1.165, 1.54) is 6.92 Å². The molecule has 6 saturated heterocycles. The van der Waals surface area contributed by atoms with Crippen molar-refractivity contribution in [3.05, 3.63) is 0 Å². The second kappa shape index (κ2) is 26.5. The van der Waals surface area contributed by atoms with Crippen LogP contribution in [0.5, 0.6) is 0 Å². The van der Waals surface area contributed by atoms with Gasteiger partial charge >= 0.3 is 0 Å². The number of aliphatic hydroxyl groups is 16. The Labute approximate surface area is 426 Å². The summed E-state index contributed by atoms with van der Waals surface area (Å²) < 4.78 is 63.7. The fourth-order valence-electron chi connectivity index (χ4n) is 9.55. The van der Waals surface area contributed by atoms with Gasteiger partial charge in [0.05, 0.1) is 39.1 Å². The minimum atomic E-state index is -2.25. The number of hydrogen-bond donors (Lipinski definition) is 19. The molecule has 6 rings (SSSR count). The Hall–Kier alpha value is -2.67. The summed E-state index contributed by atoms with van der Waals surface area (Å²) >= 11 is 0. The van der Waals surface area contributed by atoms with Crippen LogP contribution in [0.25, 0.3) is 0 Å². The van der Waals surface area contributed by atoms with E-state index in [1.54, 1.807) is 0 Å². The predicted molar refractivity (Wildman–Crippen MR) is 233 cm³/mol. The number of aliphatic hydroxyl groups excluding tert-OH is 16. The van der Waals surface area contributed by atoms with Crippen molar-refractivity contribution >= 4 is 17.7 Å². The molecule has 434 valence electrons. The second-order valence-corrected chi connectivity index (χ2v) is 19.0. The van der Waals surface area contributed by atoms with Gasteiger partial charge in [0.25, 0.3) is 0 Å². The molecule has 0 aromatic rings. The summed E-state index contributed by atoms with van der Waals surface area (Å²) in [6.45, 7) is -0.201. The van der Waals surface area contributed by atoms with E-state index < -0.39 is 235 Å². The van der Waals surface area contributed by atoms with Gasteiger partial charge in [-0.2, -0.15) is 0 Å². The average Bonchev–Trinajstić information content (AvgIpc) is 3.36. The number of ether oxygens (including phenoxy) is 11. The van der Waals surface area contributed by atoms with Crippen LogP contribution in [0.15, 0.2) is 0 Å². The first kappa shape index (κ1) is 61.5. The monoisotopic (exact) mass is 1100 g/mol. The number of hydrogen-bond acceptors (Lipinski definition) is 30. The summed E-state index contributed by atoms with van der Waals surface area (Å²) in [4.78, 5) is 36.9. The topological polar surface area (TPSA) is 513 Å². The Morgan fingerprint density at radius 1 is 0.373 bits per heavy atom. The third-order valence-corrected chi connectivity index (χ3v) is 13.6. The summed E-state index contributed by atoms with van der Waals surface area (Å²) in [6.07, 6.45) is -49.7. The fraction of sp³-hybridized carbons (Fsp3) is 0.929. The first-order valence-corrected chi connectivity index (χ1v) is 23.9. The molecular weight excluding hydrogens is 1030 g/mol. The maximum atomic E-state index is 12.7. The smallest absolute Gasteiger partial charge is 0.217 e. The molecule has 3 amide bonds. The van der Waals surface area contributed by atoms with Crippen LogP contribution in [0, 0.1) is 0 Å². The highest BCUT2D eigenvalue weighted by molar-refractivity contribution is 5.74. The van der Waals surface area contributed by atoms with Gasteiger partial charge < -0.3 is 150 Å². The van der Waals surface area contributed by atoms with Crippen LogP contribution in [-0.2, 0) is 66.5 Å². The number of carbonyl (C=O) groups is 3. The number of nitrogens with one attached hydrogen (secondary N) is 3. The Kier molecular flexibility index (Phi) is 21.8. The summed E-state index contributed by atoms with van der Waals surface area (Å²) in [5.74, 6) is -2.36. The Morgan fingerprint density at radius 3 is 1.36 bits per heavy atom. The molecule has 19 N–H and O–H groups in total. The molecule has 33 nitrogen and oxygen atoms in total. The van der Waals surface area contributed by atoms with E-state index >= 15 is 0 Å². The van der Waals surface area contributed by atoms with Crippen LogP contribution in [-0.4, -0.2) is 317 Å². The lowest BCUT2D eigenvalue weighted by molar-refractivity contribution is -0.392. The standard InChI is InChI=1S/C42H71N3O30/c1-10-22(53)29(60)31(62)40(66-10)65-9-18-34(27(58)19(37(64)67-18)43-11(2)50)72-39-21(45-13(4)52)28(59)33(17(8-49)71-39)73-41-32(63)35(25(56)16(7-48)69-41)74-42-36(30(61)24(55)15(6-47)70-42)75-38-20(44-12(3)51)26(57)23(54)14(5-46)68-38/h10,14-42,46-49,53-64H,5-9H2,1-4H3,(H,43,50)(H,44,51)(H,45,52)/t10-,14+,15+,16+,17+,18+,19+,20+,21+,22+,23+,24+,25+,26+,27+,28+,29+,30-,31-,32-,33+,34+,35-,36-,37-,38-,39-,40+,41-,42+/m0/s1. The Bertz CT molecular complexity index is 1850. The van der Waals surface area contributed by atoms with Gasteiger partial charge in [-0.25, -0.2) is 0 Å². The van der Waals surface area contributed by atoms with Crippen molar-refractivity contribution in [2.24, 2.45) is 0 Å². The third-order valence-electron chi connectivity index (χ3n) is 13.6. The molecule has 0 aromatic carbocycles. The van der Waals surface area contributed by atoms with Gasteiger partial charge in [-0.15, -0.1) is 0 Å². The quantitative estimate of drug-likeness (QED) is 0.0606. The van der Waals surface area contributed by atoms with Crippen LogP contribution >= 0.6 is 0 Å². The van der Waals surface area contributed by atoms with Gasteiger partial charge in [-0.3, -0.25) is 14.4 Å². The van der Waals surface area contributed by atoms with Crippen LogP contribution in [0.1, 0.15) is 27.7 Å². The van der Waals surface area contributed by atoms with Crippen molar-refractivity contribution in [3.63, 3.8) is 0 Å². The van der Waals surface area contributed by atoms with Crippen molar-refractivity contribution in [2.45, 2.75) is 212 Å². The first-order chi connectivity index (χ1) is 35.4. The van der Waals surface area contributed by atoms with E-state index in [0.29, 0.717) is 0 Å². The van der Waals surface area contributed by atoms with Crippen LogP contribution in [0.4, 0.5) is 0 Å². The molecule has 0 radical (unpaired) electrons. The lowest BCUT2D eigenvalue weighted by Crippen LogP contribution is -2.70. The normalized spacial score (nSPS) is 48.6. The molecule has 33 heteroatoms. The molecule has 6 heterocycles. The molecule has 6 aliphatic heterocycles. The lowest BCUT2D eigenvalue weighted by atomic mass is 9.93. The molecule has 0 aliphatic carbocycles. The van der Waals surface area contributed by atoms with Crippen LogP contribution in [0.2, 0.25) is 0 Å². The number of carbonyl (C=O) groups excluding carboxylic acids is 3. The van der Waals surface area contributed by atoms with Crippen LogP contribution < -0.4 is 16.0 Å². The SMILES string of the molecule is CC(=O)N[C@@H]1[C@@H](O)[C@H](O[C@@H]2O[C@H](CO)[C@@H](O[C@@H]3O[C@H](CO)[C@@H](O)[C@H](O[C@H]4O[C@H](CO)[C@@H](O)[C@H](O)[C@@H]4O[C@@H]4O[C@H](CO)[C@@H](O)[C@H](O)[C@H]4NC(C)=O)[C@@H]3O)[C@H](O)[C@H]2NC(C)=O)[C@@H](CO[C@@H]2O[C@@H](C)[C@@H](O)[C@@H](O)[C@@H]2O)O[C@@H]1O. The van der Waals surface area contributed by atoms with Crippen molar-refractivity contribution in [3.8, 4) is 0 Å². The second-order valence-electron chi connectivity index (χ2n) is 19.0. The zero-order valence-corrected chi connectivity index (χ0v) is 40.7. The van der Waals surface area contributed by atoms with E-state index in [0.717, 1.165) is 20.8 Å². The minimum Gasteiger partial charge on any atom is -0.394 e. The zero-order chi connectivity index (χ0) is 55.5. The molecule has 0 bridgehead atoms. The summed E-state index contributed by atoms with van der Waals surface area (Å²) in [6, 6.07) is -5.01. The average molecular weight is 1100 g/mol. The zero-order valence-electron chi connectivity index (χ0n) is 40.7. The van der Waals surface area contributed by atoms with Crippen molar-refractivity contribution in [2.75, 3.05) is 33.0 Å². The van der Waals surface area contributed by atoms with Crippen molar-refractivity contribution < 1.29 is 148 Å². The fourth-order valence-corrected chi connectivity index (χ4v) is 9.55. The van der Waals surface area contributed by atoms with Gasteiger partial charge in [0.1, 0.15) is 140 Å². The number of rotatable bonds is 18. The molecule has 75 heavy (non-hydrogen) atoms. The molecular formula is C42H71N3O30.